The number of fused-ring (bicyclic) bond motifs is 2. The summed E-state index contributed by atoms with van der Waals surface area (Å²) in [6.07, 6.45) is 1.11. The normalized spacial score (nSPS) is 16.2. The fourth-order valence-corrected chi connectivity index (χ4v) is 7.72. The average Bonchev–Trinajstić information content (AvgIpc) is 3.26. The molecule has 2 amide bonds. The van der Waals surface area contributed by atoms with Gasteiger partial charge in [-0.05, 0) is 100 Å². The van der Waals surface area contributed by atoms with E-state index < -0.39 is 30.1 Å². The van der Waals surface area contributed by atoms with Gasteiger partial charge in [-0.1, -0.05) is 83.9 Å². The SMILES string of the molecule is N#Cc1ccc(-c2ccc(CC(NC(=O)[C@@H]3Cc4cc5c(cc4CN3Cc3ccccn3)O[C@@H](c3ccc(OCc4ccc(Cl)c(Cl)c4)cc3)C(=O)N5)C(=O)O)cc2)cc1. The summed E-state index contributed by atoms with van der Waals surface area (Å²) in [6.45, 7) is 0.967. The third kappa shape index (κ3) is 9.12. The zero-order valence-electron chi connectivity index (χ0n) is 32.0. The molecule has 0 fully saturated rings. The van der Waals surface area contributed by atoms with Crippen molar-refractivity contribution in [1.82, 2.24) is 15.2 Å². The highest BCUT2D eigenvalue weighted by Gasteiger charge is 2.37. The van der Waals surface area contributed by atoms with Crippen LogP contribution in [0.4, 0.5) is 5.69 Å². The third-order valence-corrected chi connectivity index (χ3v) is 11.3. The molecule has 6 aromatic rings. The number of aromatic nitrogens is 1. The molecule has 1 aromatic heterocycles. The molecule has 60 heavy (non-hydrogen) atoms. The summed E-state index contributed by atoms with van der Waals surface area (Å²) in [5, 5.41) is 26.1. The predicted molar refractivity (Wildman–Crippen MR) is 227 cm³/mol. The van der Waals surface area contributed by atoms with Crippen LogP contribution >= 0.6 is 23.2 Å². The van der Waals surface area contributed by atoms with Crippen LogP contribution in [0.2, 0.25) is 10.0 Å². The molecule has 1 unspecified atom stereocenters. The highest BCUT2D eigenvalue weighted by atomic mass is 35.5. The van der Waals surface area contributed by atoms with Crippen LogP contribution in [0.3, 0.4) is 0 Å². The number of aliphatic carboxylic acids is 1. The van der Waals surface area contributed by atoms with Gasteiger partial charge in [0.15, 0.2) is 0 Å². The fraction of sp³-hybridized carbons (Fsp3) is 0.170. The van der Waals surface area contributed by atoms with E-state index in [1.165, 1.54) is 0 Å². The predicted octanol–water partition coefficient (Wildman–Crippen LogP) is 8.32. The van der Waals surface area contributed by atoms with E-state index >= 15 is 0 Å². The monoisotopic (exact) mass is 837 g/mol. The van der Waals surface area contributed by atoms with Crippen molar-refractivity contribution in [2.45, 2.75) is 50.7 Å². The van der Waals surface area contributed by atoms with Crippen LogP contribution in [-0.2, 0) is 46.9 Å². The summed E-state index contributed by atoms with van der Waals surface area (Å²) in [5.41, 5.74) is 7.63. The number of nitriles is 1. The second-order valence-corrected chi connectivity index (χ2v) is 15.5. The summed E-state index contributed by atoms with van der Waals surface area (Å²) in [6, 6.07) is 36.6. The number of nitrogens with one attached hydrogen (secondary N) is 2. The van der Waals surface area contributed by atoms with E-state index in [0.717, 1.165) is 39.1 Å². The molecule has 8 rings (SSSR count). The minimum atomic E-state index is -1.19. The first kappa shape index (κ1) is 40.1. The summed E-state index contributed by atoms with van der Waals surface area (Å²) in [4.78, 5) is 46.6. The van der Waals surface area contributed by atoms with Crippen LogP contribution in [0.15, 0.2) is 128 Å². The number of anilines is 1. The van der Waals surface area contributed by atoms with Crippen molar-refractivity contribution >= 4 is 46.7 Å². The number of amides is 2. The van der Waals surface area contributed by atoms with Crippen LogP contribution in [0.1, 0.15) is 45.2 Å². The zero-order chi connectivity index (χ0) is 41.8. The van der Waals surface area contributed by atoms with Crippen molar-refractivity contribution in [2.75, 3.05) is 5.32 Å². The van der Waals surface area contributed by atoms with Crippen molar-refractivity contribution < 1.29 is 29.0 Å². The summed E-state index contributed by atoms with van der Waals surface area (Å²) >= 11 is 12.2. The van der Waals surface area contributed by atoms with E-state index in [9.17, 15) is 19.5 Å². The van der Waals surface area contributed by atoms with Crippen molar-refractivity contribution in [1.29, 1.82) is 5.26 Å². The highest BCUT2D eigenvalue weighted by Crippen LogP contribution is 2.40. The quantitative estimate of drug-likeness (QED) is 0.110. The molecule has 3 heterocycles. The summed E-state index contributed by atoms with van der Waals surface area (Å²) in [5.74, 6) is -0.828. The van der Waals surface area contributed by atoms with Gasteiger partial charge in [-0.2, -0.15) is 5.26 Å². The molecular formula is C47H37Cl2N5O6. The van der Waals surface area contributed by atoms with Gasteiger partial charge in [0.2, 0.25) is 12.0 Å². The number of carboxylic acid groups (broad SMARTS) is 1. The van der Waals surface area contributed by atoms with Crippen LogP contribution in [0, 0.1) is 11.3 Å². The molecule has 0 spiro atoms. The molecule has 0 saturated heterocycles. The number of ether oxygens (including phenoxy) is 2. The Balaban J connectivity index is 0.972. The number of hydrogen-bond acceptors (Lipinski definition) is 8. The van der Waals surface area contributed by atoms with Gasteiger partial charge in [0.1, 0.15) is 24.1 Å². The molecule has 5 aromatic carbocycles. The van der Waals surface area contributed by atoms with Crippen molar-refractivity contribution in [3.8, 4) is 28.7 Å². The van der Waals surface area contributed by atoms with E-state index in [0.29, 0.717) is 51.4 Å². The van der Waals surface area contributed by atoms with Crippen LogP contribution in [0.25, 0.3) is 11.1 Å². The second kappa shape index (κ2) is 17.6. The number of carbonyl (C=O) groups is 3. The zero-order valence-corrected chi connectivity index (χ0v) is 33.5. The number of nitrogens with zero attached hydrogens (tertiary/aromatic N) is 3. The van der Waals surface area contributed by atoms with E-state index in [4.69, 9.17) is 37.9 Å². The Morgan fingerprint density at radius 3 is 2.33 bits per heavy atom. The van der Waals surface area contributed by atoms with Gasteiger partial charge in [0, 0.05) is 31.3 Å². The highest BCUT2D eigenvalue weighted by molar-refractivity contribution is 6.42. The van der Waals surface area contributed by atoms with E-state index in [1.54, 1.807) is 54.7 Å². The molecule has 0 bridgehead atoms. The van der Waals surface area contributed by atoms with Gasteiger partial charge in [0.25, 0.3) is 5.91 Å². The van der Waals surface area contributed by atoms with Gasteiger partial charge in [-0.25, -0.2) is 4.79 Å². The van der Waals surface area contributed by atoms with Crippen LogP contribution < -0.4 is 20.1 Å². The average molecular weight is 839 g/mol. The first-order valence-electron chi connectivity index (χ1n) is 19.2. The number of pyridine rings is 1. The smallest absolute Gasteiger partial charge is 0.326 e. The summed E-state index contributed by atoms with van der Waals surface area (Å²) < 4.78 is 12.2. The number of carbonyl (C=O) groups excluding carboxylic acids is 2. The number of carboxylic acids is 1. The van der Waals surface area contributed by atoms with E-state index in [-0.39, 0.29) is 25.4 Å². The molecule has 3 atom stereocenters. The molecular weight excluding hydrogens is 801 g/mol. The number of hydrogen-bond donors (Lipinski definition) is 3. The van der Waals surface area contributed by atoms with E-state index in [2.05, 4.69) is 21.7 Å². The molecule has 2 aliphatic heterocycles. The molecule has 0 radical (unpaired) electrons. The van der Waals surface area contributed by atoms with Crippen molar-refractivity contribution in [3.05, 3.63) is 177 Å². The Morgan fingerprint density at radius 1 is 0.917 bits per heavy atom. The minimum Gasteiger partial charge on any atom is -0.489 e. The Morgan fingerprint density at radius 2 is 1.65 bits per heavy atom. The topological polar surface area (TPSA) is 154 Å². The maximum Gasteiger partial charge on any atom is 0.326 e. The Kier molecular flexibility index (Phi) is 11.8. The lowest BCUT2D eigenvalue weighted by Crippen LogP contribution is -2.54. The standard InChI is InChI=1S/C47H37Cl2N5O6/c48-38-17-8-30(19-39(38)49)27-59-37-15-13-33(14-16-37)44-46(56)52-40-21-34-22-42(54(25-35(34)23-43(40)60-44)26-36-3-1-2-18-51-36)45(55)53-41(47(57)58)20-28-4-9-31(10-5-28)32-11-6-29(24-50)7-12-32/h1-19,21,23,41-42,44H,20,22,25-27H2,(H,52,56)(H,53,55)(H,57,58)/t41?,42-,44-/m0/s1. The Hall–Kier alpha value is -6.71. The van der Waals surface area contributed by atoms with Gasteiger partial charge in [-0.15, -0.1) is 0 Å². The van der Waals surface area contributed by atoms with Gasteiger partial charge in [0.05, 0.1) is 39.1 Å². The van der Waals surface area contributed by atoms with Crippen LogP contribution in [0.5, 0.6) is 11.5 Å². The molecule has 300 valence electrons. The molecule has 2 aliphatic rings. The lowest BCUT2D eigenvalue weighted by molar-refractivity contribution is -0.142. The summed E-state index contributed by atoms with van der Waals surface area (Å²) in [7, 11) is 0. The lowest BCUT2D eigenvalue weighted by Gasteiger charge is -2.37. The molecule has 13 heteroatoms. The number of rotatable bonds is 12. The first-order chi connectivity index (χ1) is 29.1. The first-order valence-corrected chi connectivity index (χ1v) is 19.9. The van der Waals surface area contributed by atoms with Crippen LogP contribution in [-0.4, -0.2) is 44.9 Å². The second-order valence-electron chi connectivity index (χ2n) is 14.6. The fourth-order valence-electron chi connectivity index (χ4n) is 7.40. The Labute approximate surface area is 356 Å². The van der Waals surface area contributed by atoms with Gasteiger partial charge in [-0.3, -0.25) is 19.5 Å². The lowest BCUT2D eigenvalue weighted by atomic mass is 9.91. The van der Waals surface area contributed by atoms with Crippen molar-refractivity contribution in [3.63, 3.8) is 0 Å². The van der Waals surface area contributed by atoms with E-state index in [1.807, 2.05) is 77.7 Å². The third-order valence-electron chi connectivity index (χ3n) is 10.6. The van der Waals surface area contributed by atoms with Gasteiger partial charge < -0.3 is 25.2 Å². The molecule has 11 nitrogen and oxygen atoms in total. The van der Waals surface area contributed by atoms with Gasteiger partial charge >= 0.3 is 5.97 Å². The maximum absolute atomic E-state index is 14.1. The minimum absolute atomic E-state index is 0.0742. The molecule has 3 N–H and O–H groups in total. The largest absolute Gasteiger partial charge is 0.489 e. The Bertz CT molecular complexity index is 2600. The number of halogens is 2. The maximum atomic E-state index is 14.1. The molecule has 0 aliphatic carbocycles. The number of benzene rings is 5. The van der Waals surface area contributed by atoms with Crippen molar-refractivity contribution in [2.24, 2.45) is 0 Å². The molecule has 0 saturated carbocycles.